The van der Waals surface area contributed by atoms with Crippen molar-refractivity contribution < 1.29 is 0 Å². The van der Waals surface area contributed by atoms with Crippen LogP contribution in [0.3, 0.4) is 0 Å². The van der Waals surface area contributed by atoms with Gasteiger partial charge >= 0.3 is 0 Å². The molecule has 2 atom stereocenters. The molecule has 18 heavy (non-hydrogen) atoms. The topological polar surface area (TPSA) is 16.1 Å². The smallest absolute Gasteiger partial charge is 0.135 e. The Bertz CT molecular complexity index is 436. The second kappa shape index (κ2) is 5.36. The molecule has 1 aromatic heterocycles. The molecule has 4 heteroatoms. The number of nitrogens with zero attached hydrogens (tertiary/aromatic N) is 2. The Morgan fingerprint density at radius 2 is 2.00 bits per heavy atom. The van der Waals surface area contributed by atoms with Crippen LogP contribution in [-0.2, 0) is 6.54 Å². The van der Waals surface area contributed by atoms with E-state index < -0.39 is 0 Å². The molecule has 2 heterocycles. The maximum Gasteiger partial charge on any atom is 0.135 e. The lowest BCUT2D eigenvalue weighted by molar-refractivity contribution is 0.106. The van der Waals surface area contributed by atoms with Gasteiger partial charge in [-0.15, -0.1) is 0 Å². The van der Waals surface area contributed by atoms with E-state index in [0.717, 1.165) is 24.1 Å². The summed E-state index contributed by atoms with van der Waals surface area (Å²) in [5.41, 5.74) is 1.11. The van der Waals surface area contributed by atoms with Crippen LogP contribution in [0.25, 0.3) is 0 Å². The highest BCUT2D eigenvalue weighted by Crippen LogP contribution is 2.37. The van der Waals surface area contributed by atoms with Crippen molar-refractivity contribution in [3.63, 3.8) is 0 Å². The lowest BCUT2D eigenvalue weighted by atomic mass is 9.91. The summed E-state index contributed by atoms with van der Waals surface area (Å²) < 4.78 is 0. The zero-order chi connectivity index (χ0) is 12.5. The molecule has 0 aromatic carbocycles. The predicted octanol–water partition coefficient (Wildman–Crippen LogP) is 4.15. The number of rotatable bonds is 2. The Morgan fingerprint density at radius 1 is 1.17 bits per heavy atom. The third-order valence-electron chi connectivity index (χ3n) is 4.37. The molecule has 1 saturated heterocycles. The summed E-state index contributed by atoms with van der Waals surface area (Å²) in [4.78, 5) is 6.72. The van der Waals surface area contributed by atoms with Crippen LogP contribution in [0, 0.1) is 5.92 Å². The van der Waals surface area contributed by atoms with Gasteiger partial charge in [-0.2, -0.15) is 0 Å². The van der Waals surface area contributed by atoms with Crippen molar-refractivity contribution >= 4 is 23.2 Å². The van der Waals surface area contributed by atoms with Crippen LogP contribution in [0.5, 0.6) is 0 Å². The first kappa shape index (κ1) is 12.7. The minimum Gasteiger partial charge on any atom is -0.296 e. The van der Waals surface area contributed by atoms with Gasteiger partial charge in [-0.1, -0.05) is 35.7 Å². The largest absolute Gasteiger partial charge is 0.296 e. The maximum atomic E-state index is 6.17. The van der Waals surface area contributed by atoms with E-state index in [1.165, 1.54) is 38.6 Å². The summed E-state index contributed by atoms with van der Waals surface area (Å²) in [7, 11) is 0. The van der Waals surface area contributed by atoms with Gasteiger partial charge in [-0.05, 0) is 44.2 Å². The van der Waals surface area contributed by atoms with Crippen molar-refractivity contribution in [2.45, 2.75) is 44.7 Å². The first-order valence-electron chi connectivity index (χ1n) is 6.79. The van der Waals surface area contributed by atoms with Gasteiger partial charge in [0.15, 0.2) is 0 Å². The maximum absolute atomic E-state index is 6.17. The van der Waals surface area contributed by atoms with Crippen molar-refractivity contribution in [2.75, 3.05) is 6.54 Å². The second-order valence-corrected chi connectivity index (χ2v) is 6.20. The van der Waals surface area contributed by atoms with Crippen LogP contribution in [0.15, 0.2) is 12.1 Å². The second-order valence-electron chi connectivity index (χ2n) is 5.45. The van der Waals surface area contributed by atoms with E-state index in [2.05, 4.69) is 9.88 Å². The number of hydrogen-bond acceptors (Lipinski definition) is 2. The molecule has 2 aliphatic rings. The molecule has 98 valence electrons. The molecule has 0 spiro atoms. The fourth-order valence-corrected chi connectivity index (χ4v) is 3.94. The van der Waals surface area contributed by atoms with Crippen LogP contribution in [0.4, 0.5) is 0 Å². The van der Waals surface area contributed by atoms with Crippen LogP contribution in [0.1, 0.15) is 37.7 Å². The monoisotopic (exact) mass is 284 g/mol. The van der Waals surface area contributed by atoms with Crippen molar-refractivity contribution in [3.05, 3.63) is 28.0 Å². The molecule has 2 fully saturated rings. The number of halogens is 2. The summed E-state index contributed by atoms with van der Waals surface area (Å²) in [6.45, 7) is 2.12. The van der Waals surface area contributed by atoms with E-state index in [-0.39, 0.29) is 0 Å². The Labute approximate surface area is 118 Å². The van der Waals surface area contributed by atoms with Crippen molar-refractivity contribution in [1.29, 1.82) is 0 Å². The molecule has 0 amide bonds. The molecule has 2 unspecified atom stereocenters. The number of hydrogen-bond donors (Lipinski definition) is 0. The average molecular weight is 285 g/mol. The molecule has 0 bridgehead atoms. The zero-order valence-electron chi connectivity index (χ0n) is 10.4. The fourth-order valence-electron chi connectivity index (χ4n) is 3.53. The van der Waals surface area contributed by atoms with Gasteiger partial charge in [0, 0.05) is 18.2 Å². The predicted molar refractivity (Wildman–Crippen MR) is 75.0 cm³/mol. The Hall–Kier alpha value is -0.310. The third-order valence-corrected chi connectivity index (χ3v) is 4.91. The van der Waals surface area contributed by atoms with Crippen molar-refractivity contribution in [1.82, 2.24) is 9.88 Å². The van der Waals surface area contributed by atoms with E-state index >= 15 is 0 Å². The van der Waals surface area contributed by atoms with Crippen molar-refractivity contribution in [2.24, 2.45) is 5.92 Å². The molecule has 0 radical (unpaired) electrons. The third kappa shape index (κ3) is 2.52. The van der Waals surface area contributed by atoms with Gasteiger partial charge in [-0.25, -0.2) is 4.98 Å². The summed E-state index contributed by atoms with van der Waals surface area (Å²) in [6, 6.07) is 4.61. The normalized spacial score (nSPS) is 28.3. The van der Waals surface area contributed by atoms with E-state index in [1.54, 1.807) is 0 Å². The molecule has 1 aliphatic heterocycles. The number of aromatic nitrogens is 1. The van der Waals surface area contributed by atoms with E-state index in [4.69, 9.17) is 23.2 Å². The Kier molecular flexibility index (Phi) is 3.78. The molecule has 1 aliphatic carbocycles. The molecule has 3 rings (SSSR count). The Balaban J connectivity index is 1.75. The highest BCUT2D eigenvalue weighted by molar-refractivity contribution is 6.32. The molecule has 0 N–H and O–H groups in total. The van der Waals surface area contributed by atoms with E-state index in [1.807, 2.05) is 12.1 Å². The first-order valence-corrected chi connectivity index (χ1v) is 7.54. The average Bonchev–Trinajstić information content (AvgIpc) is 2.82. The van der Waals surface area contributed by atoms with Crippen molar-refractivity contribution in [3.8, 4) is 0 Å². The van der Waals surface area contributed by atoms with Crippen LogP contribution in [0.2, 0.25) is 10.3 Å². The van der Waals surface area contributed by atoms with Crippen LogP contribution in [-0.4, -0.2) is 22.5 Å². The molecule has 1 saturated carbocycles. The number of fused-ring (bicyclic) bond motifs is 1. The van der Waals surface area contributed by atoms with E-state index in [0.29, 0.717) is 10.3 Å². The minimum absolute atomic E-state index is 0.473. The lowest BCUT2D eigenvalue weighted by Gasteiger charge is -2.37. The van der Waals surface area contributed by atoms with E-state index in [9.17, 15) is 0 Å². The molecular formula is C14H18Cl2N2. The number of likely N-dealkylation sites (tertiary alicyclic amines) is 1. The van der Waals surface area contributed by atoms with Gasteiger partial charge in [0.05, 0.1) is 0 Å². The SMILES string of the molecule is Clc1ccc(CN2CCCC3CCCC32)c(Cl)n1. The summed E-state index contributed by atoms with van der Waals surface area (Å²) >= 11 is 12.0. The molecular weight excluding hydrogens is 267 g/mol. The standard InChI is InChI=1S/C14H18Cl2N2/c15-13-7-6-11(14(16)17-13)9-18-8-2-4-10-3-1-5-12(10)18/h6-7,10,12H,1-5,8-9H2. The summed E-state index contributed by atoms with van der Waals surface area (Å²) in [5, 5.41) is 1.03. The Morgan fingerprint density at radius 3 is 2.83 bits per heavy atom. The number of piperidine rings is 1. The highest BCUT2D eigenvalue weighted by atomic mass is 35.5. The van der Waals surface area contributed by atoms with Gasteiger partial charge < -0.3 is 0 Å². The highest BCUT2D eigenvalue weighted by Gasteiger charge is 2.34. The first-order chi connectivity index (χ1) is 8.74. The summed E-state index contributed by atoms with van der Waals surface area (Å²) in [6.07, 6.45) is 6.88. The van der Waals surface area contributed by atoms with Crippen LogP contribution >= 0.6 is 23.2 Å². The summed E-state index contributed by atoms with van der Waals surface area (Å²) in [5.74, 6) is 0.915. The lowest BCUT2D eigenvalue weighted by Crippen LogP contribution is -2.41. The molecule has 1 aromatic rings. The molecule has 2 nitrogen and oxygen atoms in total. The van der Waals surface area contributed by atoms with Gasteiger partial charge in [0.25, 0.3) is 0 Å². The zero-order valence-corrected chi connectivity index (χ0v) is 11.9. The van der Waals surface area contributed by atoms with Gasteiger partial charge in [0.2, 0.25) is 0 Å². The van der Waals surface area contributed by atoms with Gasteiger partial charge in [-0.3, -0.25) is 4.90 Å². The minimum atomic E-state index is 0.473. The van der Waals surface area contributed by atoms with Crippen LogP contribution < -0.4 is 0 Å². The van der Waals surface area contributed by atoms with Gasteiger partial charge in [0.1, 0.15) is 10.3 Å². The quantitative estimate of drug-likeness (QED) is 0.759. The fraction of sp³-hybridized carbons (Fsp3) is 0.643. The number of pyridine rings is 1.